The Bertz CT molecular complexity index is 1330. The quantitative estimate of drug-likeness (QED) is 0.398. The molecule has 0 spiro atoms. The number of aryl methyl sites for hydroxylation is 1. The third kappa shape index (κ3) is 4.29. The second-order valence-corrected chi connectivity index (χ2v) is 9.54. The summed E-state index contributed by atoms with van der Waals surface area (Å²) in [7, 11) is -3.92. The Balaban J connectivity index is 1.50. The number of amides is 1. The number of ether oxygens (including phenoxy) is 1. The number of furan rings is 1. The van der Waals surface area contributed by atoms with E-state index in [1.54, 1.807) is 24.0 Å². The number of piperazine rings is 1. The van der Waals surface area contributed by atoms with Crippen LogP contribution in [0.15, 0.2) is 51.8 Å². The maximum absolute atomic E-state index is 13.1. The van der Waals surface area contributed by atoms with Gasteiger partial charge in [-0.25, -0.2) is 8.42 Å². The summed E-state index contributed by atoms with van der Waals surface area (Å²) >= 11 is 0. The van der Waals surface area contributed by atoms with Crippen LogP contribution in [0.25, 0.3) is 11.0 Å². The first-order chi connectivity index (χ1) is 15.7. The number of nitro benzene ring substituents is 1. The molecule has 33 heavy (non-hydrogen) atoms. The van der Waals surface area contributed by atoms with E-state index in [1.807, 2.05) is 13.0 Å². The highest BCUT2D eigenvalue weighted by Crippen LogP contribution is 2.30. The molecule has 0 radical (unpaired) electrons. The summed E-state index contributed by atoms with van der Waals surface area (Å²) in [5.74, 6) is 0.593. The van der Waals surface area contributed by atoms with Gasteiger partial charge in [-0.15, -0.1) is 0 Å². The van der Waals surface area contributed by atoms with Gasteiger partial charge in [0.05, 0.1) is 16.4 Å². The van der Waals surface area contributed by atoms with Crippen molar-refractivity contribution in [3.63, 3.8) is 0 Å². The summed E-state index contributed by atoms with van der Waals surface area (Å²) in [6, 6.07) is 10.3. The number of nitrogens with zero attached hydrogens (tertiary/aromatic N) is 3. The van der Waals surface area contributed by atoms with Crippen molar-refractivity contribution in [2.45, 2.75) is 18.7 Å². The van der Waals surface area contributed by atoms with Crippen molar-refractivity contribution in [3.8, 4) is 5.75 Å². The highest BCUT2D eigenvalue weighted by molar-refractivity contribution is 7.89. The molecule has 1 fully saturated rings. The van der Waals surface area contributed by atoms with Crippen molar-refractivity contribution in [1.29, 1.82) is 0 Å². The van der Waals surface area contributed by atoms with Crippen molar-refractivity contribution in [2.24, 2.45) is 0 Å². The Morgan fingerprint density at radius 2 is 1.88 bits per heavy atom. The fourth-order valence-electron chi connectivity index (χ4n) is 3.84. The van der Waals surface area contributed by atoms with E-state index in [0.717, 1.165) is 11.5 Å². The number of sulfonamides is 1. The van der Waals surface area contributed by atoms with E-state index in [0.29, 0.717) is 23.5 Å². The molecule has 0 unspecified atom stereocenters. The van der Waals surface area contributed by atoms with E-state index in [2.05, 4.69) is 0 Å². The van der Waals surface area contributed by atoms with Crippen LogP contribution in [0.3, 0.4) is 0 Å². The number of carbonyl (C=O) groups excluding carboxylic acids is 1. The van der Waals surface area contributed by atoms with Crippen LogP contribution in [0.4, 0.5) is 5.69 Å². The first kappa shape index (κ1) is 22.7. The molecule has 1 saturated heterocycles. The zero-order chi connectivity index (χ0) is 23.8. The molecule has 1 amide bonds. The lowest BCUT2D eigenvalue weighted by atomic mass is 10.1. The maximum Gasteiger partial charge on any atom is 0.289 e. The van der Waals surface area contributed by atoms with Crippen LogP contribution in [0.2, 0.25) is 0 Å². The monoisotopic (exact) mass is 473 g/mol. The van der Waals surface area contributed by atoms with Crippen molar-refractivity contribution < 1.29 is 27.3 Å². The molecule has 0 atom stereocenters. The van der Waals surface area contributed by atoms with E-state index in [1.165, 1.54) is 22.5 Å². The Labute approximate surface area is 190 Å². The lowest BCUT2D eigenvalue weighted by molar-refractivity contribution is -0.385. The van der Waals surface area contributed by atoms with Crippen LogP contribution < -0.4 is 4.74 Å². The number of rotatable bonds is 6. The van der Waals surface area contributed by atoms with Crippen molar-refractivity contribution in [2.75, 3.05) is 32.8 Å². The molecule has 3 aromatic rings. The van der Waals surface area contributed by atoms with Gasteiger partial charge in [0.15, 0.2) is 5.76 Å². The highest BCUT2D eigenvalue weighted by Gasteiger charge is 2.32. The van der Waals surface area contributed by atoms with E-state index in [4.69, 9.17) is 9.15 Å². The maximum atomic E-state index is 13.1. The van der Waals surface area contributed by atoms with Gasteiger partial charge in [0.25, 0.3) is 11.6 Å². The van der Waals surface area contributed by atoms with Crippen LogP contribution in [0.1, 0.15) is 23.0 Å². The molecule has 2 aromatic carbocycles. The van der Waals surface area contributed by atoms with Gasteiger partial charge in [-0.2, -0.15) is 4.31 Å². The molecular formula is C22H23N3O7S. The topological polar surface area (TPSA) is 123 Å². The molecule has 174 valence electrons. The molecular weight excluding hydrogens is 450 g/mol. The Kier molecular flexibility index (Phi) is 6.09. The standard InChI is InChI=1S/C22H23N3O7S/c1-3-31-17-7-8-20-19(14-17)15(2)21(32-20)22(26)23-9-11-24(12-10-23)33(29,30)18-6-4-5-16(13-18)25(27)28/h4-8,13-14H,3,9-12H2,1-2H3. The molecule has 4 rings (SSSR count). The number of hydrogen-bond donors (Lipinski definition) is 0. The molecule has 0 saturated carbocycles. The van der Waals surface area contributed by atoms with Gasteiger partial charge in [0.1, 0.15) is 11.3 Å². The van der Waals surface area contributed by atoms with Crippen molar-refractivity contribution in [1.82, 2.24) is 9.21 Å². The fourth-order valence-corrected chi connectivity index (χ4v) is 5.30. The number of nitro groups is 1. The predicted molar refractivity (Wildman–Crippen MR) is 120 cm³/mol. The normalized spacial score (nSPS) is 15.0. The first-order valence-corrected chi connectivity index (χ1v) is 11.9. The molecule has 1 aliphatic rings. The lowest BCUT2D eigenvalue weighted by Gasteiger charge is -2.33. The number of carbonyl (C=O) groups is 1. The Morgan fingerprint density at radius 3 is 2.55 bits per heavy atom. The van der Waals surface area contributed by atoms with Gasteiger partial charge in [-0.05, 0) is 38.1 Å². The third-order valence-electron chi connectivity index (χ3n) is 5.60. The third-order valence-corrected chi connectivity index (χ3v) is 7.50. The van der Waals surface area contributed by atoms with Gasteiger partial charge in [0, 0.05) is 49.3 Å². The molecule has 2 heterocycles. The molecule has 0 bridgehead atoms. The second-order valence-electron chi connectivity index (χ2n) is 7.60. The van der Waals surface area contributed by atoms with E-state index >= 15 is 0 Å². The van der Waals surface area contributed by atoms with Gasteiger partial charge in [-0.1, -0.05) is 6.07 Å². The van der Waals surface area contributed by atoms with Crippen LogP contribution in [-0.2, 0) is 10.0 Å². The zero-order valence-corrected chi connectivity index (χ0v) is 19.0. The summed E-state index contributed by atoms with van der Waals surface area (Å²) in [6.45, 7) is 4.71. The molecule has 11 heteroatoms. The van der Waals surface area contributed by atoms with Crippen molar-refractivity contribution in [3.05, 3.63) is 63.9 Å². The van der Waals surface area contributed by atoms with E-state index < -0.39 is 14.9 Å². The Hall–Kier alpha value is -3.44. The lowest BCUT2D eigenvalue weighted by Crippen LogP contribution is -2.50. The average Bonchev–Trinajstić information content (AvgIpc) is 3.15. The van der Waals surface area contributed by atoms with Crippen LogP contribution in [-0.4, -0.2) is 61.2 Å². The second kappa shape index (κ2) is 8.83. The molecule has 0 aliphatic carbocycles. The highest BCUT2D eigenvalue weighted by atomic mass is 32.2. The van der Waals surface area contributed by atoms with Crippen LogP contribution in [0.5, 0.6) is 5.75 Å². The SMILES string of the molecule is CCOc1ccc2oc(C(=O)N3CCN(S(=O)(=O)c4cccc([N+](=O)[O-])c4)CC3)c(C)c2c1. The molecule has 1 aromatic heterocycles. The predicted octanol–water partition coefficient (Wildman–Crippen LogP) is 3.19. The van der Waals surface area contributed by atoms with Crippen molar-refractivity contribution >= 4 is 32.6 Å². The van der Waals surface area contributed by atoms with Crippen LogP contribution in [0, 0.1) is 17.0 Å². The smallest absolute Gasteiger partial charge is 0.289 e. The largest absolute Gasteiger partial charge is 0.494 e. The van der Waals surface area contributed by atoms with Crippen LogP contribution >= 0.6 is 0 Å². The first-order valence-electron chi connectivity index (χ1n) is 10.4. The summed E-state index contributed by atoms with van der Waals surface area (Å²) in [5.41, 5.74) is 0.979. The summed E-state index contributed by atoms with van der Waals surface area (Å²) in [5, 5.41) is 11.8. The molecule has 10 nitrogen and oxygen atoms in total. The van der Waals surface area contributed by atoms with Gasteiger partial charge in [-0.3, -0.25) is 14.9 Å². The average molecular weight is 474 g/mol. The Morgan fingerprint density at radius 1 is 1.15 bits per heavy atom. The number of benzene rings is 2. The summed E-state index contributed by atoms with van der Waals surface area (Å²) < 4.78 is 38.4. The molecule has 1 aliphatic heterocycles. The summed E-state index contributed by atoms with van der Waals surface area (Å²) in [4.78, 5) is 24.9. The minimum Gasteiger partial charge on any atom is -0.494 e. The van der Waals surface area contributed by atoms with E-state index in [-0.39, 0.29) is 48.4 Å². The molecule has 0 N–H and O–H groups in total. The van der Waals surface area contributed by atoms with E-state index in [9.17, 15) is 23.3 Å². The van der Waals surface area contributed by atoms with Gasteiger partial charge >= 0.3 is 0 Å². The number of fused-ring (bicyclic) bond motifs is 1. The number of hydrogen-bond acceptors (Lipinski definition) is 7. The minimum atomic E-state index is -3.92. The van der Waals surface area contributed by atoms with Gasteiger partial charge in [0.2, 0.25) is 10.0 Å². The zero-order valence-electron chi connectivity index (χ0n) is 18.2. The fraction of sp³-hybridized carbons (Fsp3) is 0.318. The summed E-state index contributed by atoms with van der Waals surface area (Å²) in [6.07, 6.45) is 0. The van der Waals surface area contributed by atoms with Gasteiger partial charge < -0.3 is 14.1 Å². The number of non-ortho nitro benzene ring substituents is 1. The minimum absolute atomic E-state index is 0.0739.